The fourth-order valence-electron chi connectivity index (χ4n) is 1.07. The Morgan fingerprint density at radius 2 is 2.08 bits per heavy atom. The van der Waals surface area contributed by atoms with E-state index in [0.29, 0.717) is 0 Å². The molecule has 0 aliphatic carbocycles. The molecule has 13 heavy (non-hydrogen) atoms. The normalized spacial score (nSPS) is 10.0. The van der Waals surface area contributed by atoms with Gasteiger partial charge in [0.1, 0.15) is 0 Å². The first-order valence-electron chi connectivity index (χ1n) is 4.28. The van der Waals surface area contributed by atoms with E-state index in [1.54, 1.807) is 0 Å². The molecule has 1 heterocycles. The Balaban J connectivity index is 2.55. The molecule has 4 nitrogen and oxygen atoms in total. The Morgan fingerprint density at radius 1 is 1.46 bits per heavy atom. The Kier molecular flexibility index (Phi) is 3.52. The van der Waals surface area contributed by atoms with E-state index < -0.39 is 0 Å². The van der Waals surface area contributed by atoms with Crippen molar-refractivity contribution in [1.29, 1.82) is 0 Å². The number of rotatable bonds is 4. The first-order chi connectivity index (χ1) is 6.24. The number of hydrogen-bond acceptors (Lipinski definition) is 3. The van der Waals surface area contributed by atoms with Gasteiger partial charge < -0.3 is 15.4 Å². The van der Waals surface area contributed by atoms with Crippen molar-refractivity contribution >= 4 is 5.69 Å². The lowest BCUT2D eigenvalue weighted by Crippen LogP contribution is -2.29. The van der Waals surface area contributed by atoms with Crippen molar-refractivity contribution in [3.05, 3.63) is 29.7 Å². The summed E-state index contributed by atoms with van der Waals surface area (Å²) in [5, 5.41) is 13.8. The maximum Gasteiger partial charge on any atom is 0.182 e. The van der Waals surface area contributed by atoms with Crippen molar-refractivity contribution in [2.45, 2.75) is 0 Å². The van der Waals surface area contributed by atoms with Crippen LogP contribution in [0, 0.1) is 5.21 Å². The minimum atomic E-state index is 0.787. The summed E-state index contributed by atoms with van der Waals surface area (Å²) in [5.41, 5.74) is 1.06. The molecule has 1 N–H and O–H groups in total. The van der Waals surface area contributed by atoms with E-state index in [1.165, 1.54) is 12.4 Å². The van der Waals surface area contributed by atoms with Crippen molar-refractivity contribution in [3.63, 3.8) is 0 Å². The molecule has 0 unspecified atom stereocenters. The summed E-state index contributed by atoms with van der Waals surface area (Å²) >= 11 is 0. The molecular formula is C9H15N3O. The zero-order chi connectivity index (χ0) is 9.68. The summed E-state index contributed by atoms with van der Waals surface area (Å²) in [5.74, 6) is 0. The molecule has 0 bridgehead atoms. The van der Waals surface area contributed by atoms with Gasteiger partial charge in [0, 0.05) is 38.0 Å². The van der Waals surface area contributed by atoms with Gasteiger partial charge in [-0.2, -0.15) is 4.73 Å². The number of anilines is 1. The number of pyridine rings is 1. The molecule has 0 aromatic carbocycles. The Hall–Kier alpha value is -1.29. The van der Waals surface area contributed by atoms with Crippen LogP contribution in [0.25, 0.3) is 0 Å². The van der Waals surface area contributed by atoms with Gasteiger partial charge in [-0.1, -0.05) is 0 Å². The molecule has 1 aromatic heterocycles. The summed E-state index contributed by atoms with van der Waals surface area (Å²) in [6.07, 6.45) is 3.01. The van der Waals surface area contributed by atoms with Crippen LogP contribution in [-0.2, 0) is 0 Å². The quantitative estimate of drug-likeness (QED) is 0.524. The van der Waals surface area contributed by atoms with Gasteiger partial charge in [-0.25, -0.2) is 0 Å². The Bertz CT molecular complexity index is 248. The molecule has 0 saturated heterocycles. The number of nitrogens with one attached hydrogen (secondary N) is 1. The van der Waals surface area contributed by atoms with E-state index in [1.807, 2.05) is 26.2 Å². The highest BCUT2D eigenvalue weighted by Crippen LogP contribution is 2.07. The predicted molar refractivity (Wildman–Crippen MR) is 52.6 cm³/mol. The van der Waals surface area contributed by atoms with Gasteiger partial charge in [-0.05, 0) is 7.05 Å². The minimum Gasteiger partial charge on any atom is -0.619 e. The zero-order valence-corrected chi connectivity index (χ0v) is 8.03. The molecule has 1 rings (SSSR count). The summed E-state index contributed by atoms with van der Waals surface area (Å²) in [4.78, 5) is 2.09. The fourth-order valence-corrected chi connectivity index (χ4v) is 1.07. The largest absolute Gasteiger partial charge is 0.619 e. The van der Waals surface area contributed by atoms with Gasteiger partial charge in [0.2, 0.25) is 0 Å². The van der Waals surface area contributed by atoms with E-state index in [4.69, 9.17) is 0 Å². The van der Waals surface area contributed by atoms with Crippen LogP contribution in [0.1, 0.15) is 0 Å². The van der Waals surface area contributed by atoms with E-state index in [9.17, 15) is 5.21 Å². The van der Waals surface area contributed by atoms with E-state index in [2.05, 4.69) is 10.2 Å². The fraction of sp³-hybridized carbons (Fsp3) is 0.444. The van der Waals surface area contributed by atoms with Crippen molar-refractivity contribution < 1.29 is 4.73 Å². The van der Waals surface area contributed by atoms with E-state index in [0.717, 1.165) is 23.5 Å². The lowest BCUT2D eigenvalue weighted by atomic mass is 10.3. The van der Waals surface area contributed by atoms with Crippen LogP contribution >= 0.6 is 0 Å². The molecule has 0 fully saturated rings. The molecule has 1 aromatic rings. The first kappa shape index (κ1) is 9.80. The number of hydrogen-bond donors (Lipinski definition) is 1. The van der Waals surface area contributed by atoms with Crippen LogP contribution in [0.2, 0.25) is 0 Å². The average molecular weight is 181 g/mol. The van der Waals surface area contributed by atoms with Gasteiger partial charge in [0.25, 0.3) is 0 Å². The molecule has 0 saturated carbocycles. The molecule has 4 heteroatoms. The van der Waals surface area contributed by atoms with E-state index >= 15 is 0 Å². The second-order valence-corrected chi connectivity index (χ2v) is 2.94. The summed E-state index contributed by atoms with van der Waals surface area (Å²) in [7, 11) is 3.92. The molecule has 0 aliphatic rings. The zero-order valence-electron chi connectivity index (χ0n) is 8.03. The van der Waals surface area contributed by atoms with Crippen LogP contribution in [-0.4, -0.2) is 27.2 Å². The van der Waals surface area contributed by atoms with Crippen LogP contribution in [0.15, 0.2) is 24.5 Å². The number of aromatic nitrogens is 1. The third-order valence-corrected chi connectivity index (χ3v) is 1.92. The van der Waals surface area contributed by atoms with Crippen molar-refractivity contribution in [2.24, 2.45) is 0 Å². The van der Waals surface area contributed by atoms with Crippen LogP contribution in [0.5, 0.6) is 0 Å². The number of likely N-dealkylation sites (N-methyl/N-ethyl adjacent to an activating group) is 2. The van der Waals surface area contributed by atoms with Crippen LogP contribution in [0.3, 0.4) is 0 Å². The van der Waals surface area contributed by atoms with Gasteiger partial charge in [0.15, 0.2) is 12.4 Å². The molecule has 72 valence electrons. The van der Waals surface area contributed by atoms with Crippen LogP contribution < -0.4 is 14.9 Å². The standard InChI is InChI=1S/C9H15N3O/c1-10-5-8-11(2)9-3-6-12(13)7-4-9/h3-4,6-7,10H,5,8H2,1-2H3. The third-order valence-electron chi connectivity index (χ3n) is 1.92. The summed E-state index contributed by atoms with van der Waals surface area (Å²) in [6, 6.07) is 3.62. The summed E-state index contributed by atoms with van der Waals surface area (Å²) in [6.45, 7) is 1.86. The van der Waals surface area contributed by atoms with Crippen molar-refractivity contribution in [1.82, 2.24) is 5.32 Å². The molecule has 0 spiro atoms. The second kappa shape index (κ2) is 4.67. The Labute approximate surface area is 78.4 Å². The Morgan fingerprint density at radius 3 is 2.62 bits per heavy atom. The van der Waals surface area contributed by atoms with Gasteiger partial charge in [-0.15, -0.1) is 0 Å². The van der Waals surface area contributed by atoms with Gasteiger partial charge >= 0.3 is 0 Å². The predicted octanol–water partition coefficient (Wildman–Crippen LogP) is -0.0244. The lowest BCUT2D eigenvalue weighted by Gasteiger charge is -2.18. The first-order valence-corrected chi connectivity index (χ1v) is 4.28. The smallest absolute Gasteiger partial charge is 0.182 e. The topological polar surface area (TPSA) is 42.2 Å². The molecule has 0 aliphatic heterocycles. The monoisotopic (exact) mass is 181 g/mol. The lowest BCUT2D eigenvalue weighted by molar-refractivity contribution is -0.605. The van der Waals surface area contributed by atoms with Crippen molar-refractivity contribution in [3.8, 4) is 0 Å². The SMILES string of the molecule is CNCCN(C)c1cc[n+]([O-])cc1. The highest BCUT2D eigenvalue weighted by atomic mass is 16.5. The molecule has 0 radical (unpaired) electrons. The molecular weight excluding hydrogens is 166 g/mol. The average Bonchev–Trinajstić information content (AvgIpc) is 2.15. The highest BCUT2D eigenvalue weighted by molar-refractivity contribution is 5.42. The second-order valence-electron chi connectivity index (χ2n) is 2.94. The van der Waals surface area contributed by atoms with E-state index in [-0.39, 0.29) is 0 Å². The minimum absolute atomic E-state index is 0.787. The van der Waals surface area contributed by atoms with Crippen molar-refractivity contribution in [2.75, 3.05) is 32.1 Å². The summed E-state index contributed by atoms with van der Waals surface area (Å²) < 4.78 is 0.787. The third kappa shape index (κ3) is 2.91. The van der Waals surface area contributed by atoms with Gasteiger partial charge in [0.05, 0.1) is 0 Å². The van der Waals surface area contributed by atoms with Crippen LogP contribution in [0.4, 0.5) is 5.69 Å². The maximum absolute atomic E-state index is 10.7. The maximum atomic E-state index is 10.7. The van der Waals surface area contributed by atoms with Gasteiger partial charge in [-0.3, -0.25) is 0 Å². The molecule has 0 amide bonds. The number of nitrogens with zero attached hydrogens (tertiary/aromatic N) is 2. The highest BCUT2D eigenvalue weighted by Gasteiger charge is 2.00. The molecule has 0 atom stereocenters.